The van der Waals surface area contributed by atoms with Gasteiger partial charge >= 0.3 is 0 Å². The van der Waals surface area contributed by atoms with Crippen LogP contribution in [0, 0.1) is 0 Å². The minimum absolute atomic E-state index is 0.0157. The first-order valence-corrected chi connectivity index (χ1v) is 29.8. The highest BCUT2D eigenvalue weighted by atomic mass is 16.5. The number of nitrogens with zero attached hydrogens (tertiary/aromatic N) is 1. The van der Waals surface area contributed by atoms with E-state index in [-0.39, 0.29) is 27.1 Å². The first kappa shape index (κ1) is 55.5. The van der Waals surface area contributed by atoms with E-state index < -0.39 is 0 Å². The van der Waals surface area contributed by atoms with Gasteiger partial charge in [-0.2, -0.15) is 0 Å². The van der Waals surface area contributed by atoms with Gasteiger partial charge in [-0.3, -0.25) is 0 Å². The van der Waals surface area contributed by atoms with Gasteiger partial charge in [0, 0.05) is 21.9 Å². The third-order valence-corrected chi connectivity index (χ3v) is 18.6. The number of fused-ring (bicyclic) bond motifs is 5. The van der Waals surface area contributed by atoms with Crippen molar-refractivity contribution in [1.29, 1.82) is 0 Å². The number of hydrogen-bond acceptors (Lipinski definition) is 2. The Morgan fingerprint density at radius 2 is 0.792 bits per heavy atom. The molecule has 1 aliphatic heterocycles. The standard InChI is InChI=1S/C70H99NO/c1-13-19-25-31-47-70(48-32-26-20-14-2)60-49-53(66(7,8)43-22-16-4)35-39-58(60)59-40-36-55(50-61(59)70)68(11,45-23-17-5)69(12,46-24-18-6)56-38-42-63-65(52-56)72-64-51-54(67(9,10)44-30-21-15-3)37-41-62(64)71(63)57-33-28-27-29-34-57/h27-29,33-42,49-52H,13-26,30-32,43-48H2,1-12H3. The third kappa shape index (κ3) is 11.3. The lowest BCUT2D eigenvalue weighted by Gasteiger charge is -2.49. The van der Waals surface area contributed by atoms with E-state index in [1.54, 1.807) is 11.1 Å². The van der Waals surface area contributed by atoms with Crippen molar-refractivity contribution in [2.75, 3.05) is 4.90 Å². The Bertz CT molecular complexity index is 2500. The second-order valence-corrected chi connectivity index (χ2v) is 24.6. The first-order chi connectivity index (χ1) is 34.7. The van der Waals surface area contributed by atoms with Crippen LogP contribution in [0.15, 0.2) is 103 Å². The normalized spacial score (nSPS) is 15.5. The highest BCUT2D eigenvalue weighted by Gasteiger charge is 2.49. The van der Waals surface area contributed by atoms with Gasteiger partial charge in [-0.25, -0.2) is 0 Å². The van der Waals surface area contributed by atoms with Gasteiger partial charge in [0.25, 0.3) is 0 Å². The van der Waals surface area contributed by atoms with E-state index in [1.165, 1.54) is 168 Å². The summed E-state index contributed by atoms with van der Waals surface area (Å²) in [4.78, 5) is 2.45. The molecule has 1 heterocycles. The largest absolute Gasteiger partial charge is 0.453 e. The van der Waals surface area contributed by atoms with Crippen molar-refractivity contribution >= 4 is 17.1 Å². The summed E-state index contributed by atoms with van der Waals surface area (Å²) in [5.74, 6) is 1.92. The molecule has 0 bridgehead atoms. The molecule has 2 atom stereocenters. The molecule has 0 aromatic heterocycles. The molecular formula is C70H99NO. The van der Waals surface area contributed by atoms with Gasteiger partial charge in [-0.1, -0.05) is 259 Å². The van der Waals surface area contributed by atoms with E-state index in [9.17, 15) is 0 Å². The van der Waals surface area contributed by atoms with E-state index in [4.69, 9.17) is 4.74 Å². The molecule has 2 unspecified atom stereocenters. The molecule has 72 heavy (non-hydrogen) atoms. The highest BCUT2D eigenvalue weighted by Crippen LogP contribution is 2.59. The molecule has 0 spiro atoms. The van der Waals surface area contributed by atoms with Gasteiger partial charge in [0.15, 0.2) is 11.5 Å². The van der Waals surface area contributed by atoms with Gasteiger partial charge in [0.1, 0.15) is 0 Å². The summed E-state index contributed by atoms with van der Waals surface area (Å²) in [6.07, 6.45) is 28.5. The maximum Gasteiger partial charge on any atom is 0.151 e. The van der Waals surface area contributed by atoms with Crippen LogP contribution in [0.25, 0.3) is 11.1 Å². The predicted molar refractivity (Wildman–Crippen MR) is 315 cm³/mol. The molecule has 5 aromatic rings. The Hall–Kier alpha value is -4.30. The summed E-state index contributed by atoms with van der Waals surface area (Å²) in [6, 6.07) is 41.1. The Labute approximate surface area is 441 Å². The van der Waals surface area contributed by atoms with Gasteiger partial charge < -0.3 is 9.64 Å². The Morgan fingerprint density at radius 1 is 0.389 bits per heavy atom. The smallest absolute Gasteiger partial charge is 0.151 e. The van der Waals surface area contributed by atoms with Gasteiger partial charge in [-0.15, -0.1) is 0 Å². The van der Waals surface area contributed by atoms with Crippen LogP contribution in [0.3, 0.4) is 0 Å². The van der Waals surface area contributed by atoms with Crippen LogP contribution in [-0.4, -0.2) is 0 Å². The molecule has 0 N–H and O–H groups in total. The molecule has 0 amide bonds. The van der Waals surface area contributed by atoms with Crippen molar-refractivity contribution in [2.45, 2.75) is 258 Å². The maximum absolute atomic E-state index is 7.28. The fourth-order valence-corrected chi connectivity index (χ4v) is 13.3. The molecule has 0 saturated carbocycles. The van der Waals surface area contributed by atoms with Crippen molar-refractivity contribution in [2.24, 2.45) is 0 Å². The Kier molecular flexibility index (Phi) is 18.8. The molecular weight excluding hydrogens is 871 g/mol. The van der Waals surface area contributed by atoms with Crippen molar-refractivity contribution in [3.63, 3.8) is 0 Å². The Balaban J connectivity index is 1.40. The second-order valence-electron chi connectivity index (χ2n) is 24.6. The summed E-state index contributed by atoms with van der Waals surface area (Å²) in [5, 5.41) is 0. The molecule has 1 aliphatic carbocycles. The number of rotatable bonds is 29. The predicted octanol–water partition coefficient (Wildman–Crippen LogP) is 22.4. The number of anilines is 3. The van der Waals surface area contributed by atoms with Crippen molar-refractivity contribution in [1.82, 2.24) is 0 Å². The number of ether oxygens (including phenoxy) is 1. The average molecular weight is 971 g/mol. The zero-order valence-electron chi connectivity index (χ0n) is 47.9. The molecule has 2 aliphatic rings. The van der Waals surface area contributed by atoms with E-state index in [0.29, 0.717) is 0 Å². The van der Waals surface area contributed by atoms with Crippen LogP contribution in [0.4, 0.5) is 17.1 Å². The SMILES string of the molecule is CCCCCCC1(CCCCCC)c2cc(C(C)(C)CCCC)ccc2-c2ccc(C(C)(CCCC)C(C)(CCCC)c3ccc4c(c3)Oc3cc(C(C)(C)CCCCC)ccc3N4c3ccccc3)cc21. The fourth-order valence-electron chi connectivity index (χ4n) is 13.3. The lowest BCUT2D eigenvalue weighted by atomic mass is 9.54. The number of para-hydroxylation sites is 1. The third-order valence-electron chi connectivity index (χ3n) is 18.6. The summed E-state index contributed by atoms with van der Waals surface area (Å²) in [5.41, 5.74) is 15.4. The topological polar surface area (TPSA) is 12.5 Å². The van der Waals surface area contributed by atoms with Crippen LogP contribution < -0.4 is 9.64 Å². The van der Waals surface area contributed by atoms with Crippen LogP contribution in [0.5, 0.6) is 11.5 Å². The number of unbranched alkanes of at least 4 members (excludes halogenated alkanes) is 11. The lowest BCUT2D eigenvalue weighted by Crippen LogP contribution is -2.45. The zero-order chi connectivity index (χ0) is 51.6. The minimum Gasteiger partial charge on any atom is -0.453 e. The number of benzene rings is 5. The maximum atomic E-state index is 7.28. The van der Waals surface area contributed by atoms with E-state index in [1.807, 2.05) is 0 Å². The van der Waals surface area contributed by atoms with E-state index in [2.05, 4.69) is 191 Å². The molecule has 2 heteroatoms. The van der Waals surface area contributed by atoms with Gasteiger partial charge in [0.05, 0.1) is 11.4 Å². The first-order valence-electron chi connectivity index (χ1n) is 29.8. The second kappa shape index (κ2) is 24.4. The molecule has 7 rings (SSSR count). The Morgan fingerprint density at radius 3 is 1.32 bits per heavy atom. The van der Waals surface area contributed by atoms with Crippen molar-refractivity contribution in [3.8, 4) is 22.6 Å². The average Bonchev–Trinajstić information content (AvgIpc) is 3.66. The van der Waals surface area contributed by atoms with Crippen molar-refractivity contribution < 1.29 is 4.74 Å². The van der Waals surface area contributed by atoms with Crippen LogP contribution in [0.1, 0.15) is 264 Å². The van der Waals surface area contributed by atoms with Gasteiger partial charge in [0.2, 0.25) is 0 Å². The lowest BCUT2D eigenvalue weighted by molar-refractivity contribution is 0.209. The highest BCUT2D eigenvalue weighted by molar-refractivity contribution is 5.87. The van der Waals surface area contributed by atoms with Crippen LogP contribution >= 0.6 is 0 Å². The molecule has 0 saturated heterocycles. The van der Waals surface area contributed by atoms with Gasteiger partial charge in [-0.05, 0) is 130 Å². The summed E-state index contributed by atoms with van der Waals surface area (Å²) in [6.45, 7) is 29.3. The summed E-state index contributed by atoms with van der Waals surface area (Å²) in [7, 11) is 0. The summed E-state index contributed by atoms with van der Waals surface area (Å²) >= 11 is 0. The fraction of sp³-hybridized carbons (Fsp3) is 0.571. The minimum atomic E-state index is -0.168. The molecule has 0 fully saturated rings. The zero-order valence-corrected chi connectivity index (χ0v) is 47.9. The molecule has 0 radical (unpaired) electrons. The monoisotopic (exact) mass is 970 g/mol. The number of hydrogen-bond donors (Lipinski definition) is 0. The van der Waals surface area contributed by atoms with E-state index in [0.717, 1.165) is 41.4 Å². The summed E-state index contributed by atoms with van der Waals surface area (Å²) < 4.78 is 7.28. The molecule has 5 aromatic carbocycles. The van der Waals surface area contributed by atoms with Crippen molar-refractivity contribution in [3.05, 3.63) is 137 Å². The molecule has 390 valence electrons. The van der Waals surface area contributed by atoms with Crippen LogP contribution in [-0.2, 0) is 27.1 Å². The van der Waals surface area contributed by atoms with E-state index >= 15 is 0 Å². The van der Waals surface area contributed by atoms with Crippen LogP contribution in [0.2, 0.25) is 0 Å². The quantitative estimate of drug-likeness (QED) is 0.0434. The molecule has 2 nitrogen and oxygen atoms in total.